The van der Waals surface area contributed by atoms with Crippen molar-refractivity contribution in [3.8, 4) is 11.5 Å². The Labute approximate surface area is 170 Å². The summed E-state index contributed by atoms with van der Waals surface area (Å²) in [6.07, 6.45) is -0.638. The first-order valence-corrected chi connectivity index (χ1v) is 10.5. The summed E-state index contributed by atoms with van der Waals surface area (Å²) < 4.78 is 11.0. The summed E-state index contributed by atoms with van der Waals surface area (Å²) >= 11 is 1.49. The molecular formula is C22H28O5S. The number of hydrogen-bond acceptors (Lipinski definition) is 6. The third kappa shape index (κ3) is 4.81. The van der Waals surface area contributed by atoms with Crippen LogP contribution >= 0.6 is 11.8 Å². The summed E-state index contributed by atoms with van der Waals surface area (Å²) in [6.45, 7) is 2.57. The Hall–Kier alpha value is -1.73. The molecule has 1 saturated heterocycles. The highest BCUT2D eigenvalue weighted by Crippen LogP contribution is 2.46. The second-order valence-electron chi connectivity index (χ2n) is 6.98. The van der Waals surface area contributed by atoms with E-state index in [0.29, 0.717) is 18.8 Å². The van der Waals surface area contributed by atoms with Gasteiger partial charge in [-0.3, -0.25) is 0 Å². The first-order valence-electron chi connectivity index (χ1n) is 9.56. The maximum Gasteiger partial charge on any atom is 0.123 e. The van der Waals surface area contributed by atoms with Crippen LogP contribution in [0, 0.1) is 0 Å². The highest BCUT2D eigenvalue weighted by Gasteiger charge is 2.38. The molecule has 0 aromatic heterocycles. The first kappa shape index (κ1) is 21.0. The molecule has 0 saturated carbocycles. The lowest BCUT2D eigenvalue weighted by atomic mass is 9.95. The number of benzene rings is 2. The van der Waals surface area contributed by atoms with E-state index in [2.05, 4.69) is 0 Å². The fourth-order valence-electron chi connectivity index (χ4n) is 3.55. The molecule has 5 nitrogen and oxygen atoms in total. The Kier molecular flexibility index (Phi) is 7.24. The Bertz CT molecular complexity index is 764. The summed E-state index contributed by atoms with van der Waals surface area (Å²) in [4.78, 5) is 0. The van der Waals surface area contributed by atoms with Crippen molar-refractivity contribution in [3.63, 3.8) is 0 Å². The van der Waals surface area contributed by atoms with Crippen LogP contribution in [0.4, 0.5) is 0 Å². The van der Waals surface area contributed by atoms with Crippen molar-refractivity contribution in [1.82, 2.24) is 0 Å². The zero-order valence-electron chi connectivity index (χ0n) is 16.2. The lowest BCUT2D eigenvalue weighted by Crippen LogP contribution is -2.39. The Morgan fingerprint density at radius 3 is 2.43 bits per heavy atom. The maximum atomic E-state index is 10.6. The molecule has 4 atom stereocenters. The molecule has 3 N–H and O–H groups in total. The van der Waals surface area contributed by atoms with Crippen molar-refractivity contribution in [3.05, 3.63) is 59.2 Å². The van der Waals surface area contributed by atoms with E-state index < -0.39 is 12.2 Å². The standard InChI is InChI=1S/C22H28O5S/c1-3-27-16-7-4-14(5-8-16)10-15-6-9-20(26-2)18(11-15)22-21(25)19(24)12-17(13-23)28-22/h4-9,11,17,19,21-25H,3,10,12-13H2,1-2H3/t17-,19-,21+,22-/m0/s1. The van der Waals surface area contributed by atoms with E-state index in [4.69, 9.17) is 9.47 Å². The van der Waals surface area contributed by atoms with Gasteiger partial charge in [-0.25, -0.2) is 0 Å². The van der Waals surface area contributed by atoms with E-state index in [9.17, 15) is 15.3 Å². The molecule has 0 unspecified atom stereocenters. The number of aliphatic hydroxyl groups excluding tert-OH is 3. The van der Waals surface area contributed by atoms with E-state index in [1.807, 2.05) is 49.4 Å². The summed E-state index contributed by atoms with van der Waals surface area (Å²) in [7, 11) is 1.60. The van der Waals surface area contributed by atoms with Gasteiger partial charge in [-0.15, -0.1) is 11.8 Å². The third-order valence-electron chi connectivity index (χ3n) is 4.99. The highest BCUT2D eigenvalue weighted by molar-refractivity contribution is 8.00. The van der Waals surface area contributed by atoms with Gasteiger partial charge >= 0.3 is 0 Å². The molecule has 3 rings (SSSR count). The molecule has 2 aromatic rings. The summed E-state index contributed by atoms with van der Waals surface area (Å²) in [6, 6.07) is 14.0. The van der Waals surface area contributed by atoms with Crippen LogP contribution in [0.3, 0.4) is 0 Å². The fraction of sp³-hybridized carbons (Fsp3) is 0.455. The minimum Gasteiger partial charge on any atom is -0.496 e. The average molecular weight is 405 g/mol. The van der Waals surface area contributed by atoms with Gasteiger partial charge in [0, 0.05) is 10.8 Å². The molecule has 1 fully saturated rings. The van der Waals surface area contributed by atoms with Crippen molar-refractivity contribution in [2.45, 2.75) is 42.5 Å². The number of methoxy groups -OCH3 is 1. The fourth-order valence-corrected chi connectivity index (χ4v) is 5.03. The van der Waals surface area contributed by atoms with Crippen LogP contribution in [0.1, 0.15) is 35.3 Å². The third-order valence-corrected chi connectivity index (χ3v) is 6.55. The van der Waals surface area contributed by atoms with Crippen molar-refractivity contribution in [2.24, 2.45) is 0 Å². The largest absolute Gasteiger partial charge is 0.496 e. The van der Waals surface area contributed by atoms with Crippen molar-refractivity contribution >= 4 is 11.8 Å². The molecule has 1 aliphatic rings. The van der Waals surface area contributed by atoms with Crippen LogP contribution in [0.15, 0.2) is 42.5 Å². The van der Waals surface area contributed by atoms with Gasteiger partial charge in [-0.1, -0.05) is 24.3 Å². The molecule has 1 heterocycles. The second kappa shape index (κ2) is 9.65. The molecule has 28 heavy (non-hydrogen) atoms. The summed E-state index contributed by atoms with van der Waals surface area (Å²) in [5, 5.41) is 29.9. The molecule has 2 aromatic carbocycles. The molecule has 0 bridgehead atoms. The molecule has 1 aliphatic heterocycles. The molecule has 0 spiro atoms. The number of hydrogen-bond donors (Lipinski definition) is 3. The van der Waals surface area contributed by atoms with Crippen LogP contribution in [0.5, 0.6) is 11.5 Å². The summed E-state index contributed by atoms with van der Waals surface area (Å²) in [5.74, 6) is 1.53. The average Bonchev–Trinajstić information content (AvgIpc) is 2.71. The van der Waals surface area contributed by atoms with Gasteiger partial charge in [0.15, 0.2) is 0 Å². The minimum atomic E-state index is -0.901. The number of aliphatic hydroxyl groups is 3. The quantitative estimate of drug-likeness (QED) is 0.659. The molecule has 0 radical (unpaired) electrons. The van der Waals surface area contributed by atoms with Crippen LogP contribution in [0.2, 0.25) is 0 Å². The molecular weight excluding hydrogens is 376 g/mol. The Morgan fingerprint density at radius 2 is 1.79 bits per heavy atom. The van der Waals surface area contributed by atoms with Crippen molar-refractivity contribution < 1.29 is 24.8 Å². The lowest BCUT2D eigenvalue weighted by molar-refractivity contribution is 0.00497. The van der Waals surface area contributed by atoms with Crippen LogP contribution in [-0.2, 0) is 6.42 Å². The van der Waals surface area contributed by atoms with Gasteiger partial charge in [0.25, 0.3) is 0 Å². The Balaban J connectivity index is 1.85. The smallest absolute Gasteiger partial charge is 0.123 e. The van der Waals surface area contributed by atoms with Gasteiger partial charge in [0.2, 0.25) is 0 Å². The van der Waals surface area contributed by atoms with E-state index in [-0.39, 0.29) is 17.1 Å². The molecule has 0 aliphatic carbocycles. The second-order valence-corrected chi connectivity index (χ2v) is 8.43. The highest BCUT2D eigenvalue weighted by atomic mass is 32.2. The van der Waals surface area contributed by atoms with Gasteiger partial charge < -0.3 is 24.8 Å². The van der Waals surface area contributed by atoms with E-state index in [0.717, 1.165) is 28.9 Å². The SMILES string of the molecule is CCOc1ccc(Cc2ccc(OC)c([C@@H]3S[C@H](CO)C[C@H](O)[C@H]3O)c2)cc1. The predicted octanol–water partition coefficient (Wildman–Crippen LogP) is 2.95. The van der Waals surface area contributed by atoms with Crippen molar-refractivity contribution in [1.29, 1.82) is 0 Å². The van der Waals surface area contributed by atoms with Gasteiger partial charge in [0.1, 0.15) is 11.5 Å². The van der Waals surface area contributed by atoms with E-state index in [1.54, 1.807) is 7.11 Å². The number of thioether (sulfide) groups is 1. The topological polar surface area (TPSA) is 79.2 Å². The first-order chi connectivity index (χ1) is 13.5. The van der Waals surface area contributed by atoms with E-state index >= 15 is 0 Å². The molecule has 6 heteroatoms. The van der Waals surface area contributed by atoms with Gasteiger partial charge in [-0.05, 0) is 49.1 Å². The molecule has 152 valence electrons. The lowest BCUT2D eigenvalue weighted by Gasteiger charge is -2.36. The maximum absolute atomic E-state index is 10.6. The van der Waals surface area contributed by atoms with Crippen molar-refractivity contribution in [2.75, 3.05) is 20.3 Å². The zero-order valence-corrected chi connectivity index (χ0v) is 17.1. The Morgan fingerprint density at radius 1 is 1.07 bits per heavy atom. The van der Waals surface area contributed by atoms with Gasteiger partial charge in [-0.2, -0.15) is 0 Å². The van der Waals surface area contributed by atoms with Crippen LogP contribution < -0.4 is 9.47 Å². The van der Waals surface area contributed by atoms with Crippen LogP contribution in [-0.4, -0.2) is 53.1 Å². The molecule has 0 amide bonds. The number of ether oxygens (including phenoxy) is 2. The predicted molar refractivity (Wildman–Crippen MR) is 111 cm³/mol. The van der Waals surface area contributed by atoms with Gasteiger partial charge in [0.05, 0.1) is 37.8 Å². The van der Waals surface area contributed by atoms with E-state index in [1.165, 1.54) is 11.8 Å². The monoisotopic (exact) mass is 404 g/mol. The normalized spacial score (nSPS) is 24.8. The number of rotatable bonds is 7. The minimum absolute atomic E-state index is 0.0286. The summed E-state index contributed by atoms with van der Waals surface area (Å²) in [5.41, 5.74) is 3.10. The van der Waals surface area contributed by atoms with Crippen LogP contribution in [0.25, 0.3) is 0 Å². The zero-order chi connectivity index (χ0) is 20.1.